The van der Waals surface area contributed by atoms with Crippen molar-refractivity contribution in [3.63, 3.8) is 0 Å². The van der Waals surface area contributed by atoms with Gasteiger partial charge < -0.3 is 43.5 Å². The molecule has 3 saturated heterocycles. The van der Waals surface area contributed by atoms with E-state index in [1.165, 1.54) is 22.8 Å². The maximum atomic E-state index is 15.0. The predicted molar refractivity (Wildman–Crippen MR) is 302 cm³/mol. The van der Waals surface area contributed by atoms with Crippen molar-refractivity contribution in [1.29, 1.82) is 0 Å². The molecule has 79 heavy (non-hydrogen) atoms. The van der Waals surface area contributed by atoms with E-state index in [9.17, 15) is 19.2 Å². The molecule has 10 rings (SSSR count). The molecule has 2 aromatic heterocycles. The number of benzene rings is 2. The minimum atomic E-state index is -1.12. The molecule has 1 saturated carbocycles. The van der Waals surface area contributed by atoms with Crippen LogP contribution in [0.4, 0.5) is 10.5 Å². The molecule has 6 aliphatic rings. The number of methoxy groups -OCH3 is 1. The van der Waals surface area contributed by atoms with Gasteiger partial charge in [-0.2, -0.15) is 0 Å². The molecule has 426 valence electrons. The Balaban J connectivity index is 1.13. The molecule has 0 radical (unpaired) electrons. The number of hydrogen-bond donors (Lipinski definition) is 2. The number of cyclic esters (lactones) is 1. The molecule has 8 bridgehead atoms. The Bertz CT molecular complexity index is 2970. The van der Waals surface area contributed by atoms with E-state index in [0.717, 1.165) is 82.0 Å². The van der Waals surface area contributed by atoms with E-state index in [4.69, 9.17) is 23.9 Å². The smallest absolute Gasteiger partial charge is 0.410 e. The highest BCUT2D eigenvalue weighted by atomic mass is 16.6. The number of anilines is 1. The van der Waals surface area contributed by atoms with E-state index >= 15 is 4.79 Å². The number of likely N-dealkylation sites (N-methyl/N-ethyl adjacent to an activating group) is 1. The summed E-state index contributed by atoms with van der Waals surface area (Å²) in [6.07, 6.45) is 5.32. The number of carbonyl (C=O) groups excluding carboxylic acids is 5. The van der Waals surface area contributed by atoms with Crippen LogP contribution in [0, 0.1) is 23.2 Å². The molecule has 5 aliphatic heterocycles. The second kappa shape index (κ2) is 22.4. The van der Waals surface area contributed by atoms with E-state index in [2.05, 4.69) is 76.2 Å². The number of carbonyl (C=O) groups is 5. The van der Waals surface area contributed by atoms with Gasteiger partial charge in [0.05, 0.1) is 48.5 Å². The SMILES string of the molecule is CCn1c(-c2cc(N3CCN(C4CC4)CC3)cnc2[C@H](C)OC)c2c3cc(ccc31)-c1cc3cc(c1)OC[C@H]1CN(C(=O)OC(C)(C)C)C[C@@H]1C(=O)N(C)[C@@H](C(C)C)C(=O)N[C@@H](C3)C(=O)N1CCC[C@H](N1)C(=O)OCC(C)(C)C2. The van der Waals surface area contributed by atoms with E-state index in [0.29, 0.717) is 44.1 Å². The van der Waals surface area contributed by atoms with Crippen LogP contribution in [0.5, 0.6) is 5.75 Å². The third-order valence-corrected chi connectivity index (χ3v) is 17.0. The second-order valence-electron chi connectivity index (χ2n) is 25.2. The van der Waals surface area contributed by atoms with Gasteiger partial charge in [-0.05, 0) is 125 Å². The van der Waals surface area contributed by atoms with E-state index in [1.54, 1.807) is 19.1 Å². The van der Waals surface area contributed by atoms with Crippen LogP contribution in [0.1, 0.15) is 111 Å². The van der Waals surface area contributed by atoms with Gasteiger partial charge in [0.1, 0.15) is 29.5 Å². The van der Waals surface area contributed by atoms with Crippen molar-refractivity contribution in [2.45, 2.75) is 143 Å². The lowest BCUT2D eigenvalue weighted by atomic mass is 9.84. The van der Waals surface area contributed by atoms with Gasteiger partial charge in [0.2, 0.25) is 11.8 Å². The third kappa shape index (κ3) is 11.8. The number of hydrogen-bond acceptors (Lipinski definition) is 13. The summed E-state index contributed by atoms with van der Waals surface area (Å²) >= 11 is 0. The van der Waals surface area contributed by atoms with Gasteiger partial charge in [-0.25, -0.2) is 10.2 Å². The Kier molecular flexibility index (Phi) is 15.9. The van der Waals surface area contributed by atoms with Crippen molar-refractivity contribution < 1.29 is 42.9 Å². The summed E-state index contributed by atoms with van der Waals surface area (Å²) in [5.41, 5.74) is 10.4. The Morgan fingerprint density at radius 1 is 0.899 bits per heavy atom. The maximum Gasteiger partial charge on any atom is 0.410 e. The number of fused-ring (bicyclic) bond motifs is 8. The zero-order chi connectivity index (χ0) is 56.2. The summed E-state index contributed by atoms with van der Waals surface area (Å²) in [5, 5.41) is 5.59. The zero-order valence-electron chi connectivity index (χ0n) is 48.4. The van der Waals surface area contributed by atoms with Gasteiger partial charge in [-0.15, -0.1) is 0 Å². The number of hydrazine groups is 1. The van der Waals surface area contributed by atoms with Crippen LogP contribution in [-0.2, 0) is 52.8 Å². The molecule has 0 spiro atoms. The summed E-state index contributed by atoms with van der Waals surface area (Å²) in [4.78, 5) is 85.9. The Morgan fingerprint density at radius 3 is 2.35 bits per heavy atom. The van der Waals surface area contributed by atoms with Crippen molar-refractivity contribution in [3.05, 3.63) is 65.5 Å². The number of likely N-dealkylation sites (tertiary alicyclic amines) is 1. The summed E-state index contributed by atoms with van der Waals surface area (Å²) in [7, 11) is 3.33. The molecule has 2 aromatic carbocycles. The quantitative estimate of drug-likeness (QED) is 0.175. The fraction of sp³-hybridized carbons (Fsp3) is 0.607. The number of piperazine rings is 1. The number of pyridine rings is 1. The van der Waals surface area contributed by atoms with Gasteiger partial charge in [0, 0.05) is 107 Å². The monoisotopic (exact) mass is 1090 g/mol. The van der Waals surface area contributed by atoms with E-state index in [-0.39, 0.29) is 50.7 Å². The highest BCUT2D eigenvalue weighted by molar-refractivity contribution is 5.96. The van der Waals surface area contributed by atoms with Crippen LogP contribution < -0.4 is 20.4 Å². The molecular formula is C61H83N9O9. The van der Waals surface area contributed by atoms with Gasteiger partial charge in [-0.3, -0.25) is 34.1 Å². The molecular weight excluding hydrogens is 1000 g/mol. The maximum absolute atomic E-state index is 15.0. The number of ether oxygens (including phenoxy) is 4. The van der Waals surface area contributed by atoms with Crippen molar-refractivity contribution in [1.82, 2.24) is 40.0 Å². The average Bonchev–Trinajstić information content (AvgIpc) is 4.34. The van der Waals surface area contributed by atoms with E-state index in [1.807, 2.05) is 59.9 Å². The fourth-order valence-electron chi connectivity index (χ4n) is 12.7. The predicted octanol–water partition coefficient (Wildman–Crippen LogP) is 7.39. The molecule has 4 aromatic rings. The minimum Gasteiger partial charge on any atom is -0.493 e. The van der Waals surface area contributed by atoms with Crippen LogP contribution in [0.2, 0.25) is 0 Å². The highest BCUT2D eigenvalue weighted by Crippen LogP contribution is 2.44. The number of aromatic nitrogens is 2. The van der Waals surface area contributed by atoms with Crippen LogP contribution in [-0.4, -0.2) is 162 Å². The van der Waals surface area contributed by atoms with Gasteiger partial charge in [0.25, 0.3) is 5.91 Å². The van der Waals surface area contributed by atoms with Gasteiger partial charge >= 0.3 is 12.1 Å². The topological polar surface area (TPSA) is 180 Å². The Hall–Kier alpha value is -6.24. The lowest BCUT2D eigenvalue weighted by Crippen LogP contribution is -2.62. The van der Waals surface area contributed by atoms with Crippen molar-refractivity contribution in [3.8, 4) is 28.1 Å². The summed E-state index contributed by atoms with van der Waals surface area (Å²) in [5.74, 6) is -2.68. The molecule has 1 aliphatic carbocycles. The summed E-state index contributed by atoms with van der Waals surface area (Å²) < 4.78 is 27.3. The third-order valence-electron chi connectivity index (χ3n) is 17.0. The molecule has 7 heterocycles. The number of aryl methyl sites for hydroxylation is 1. The van der Waals surface area contributed by atoms with Gasteiger partial charge in [-0.1, -0.05) is 39.8 Å². The number of rotatable bonds is 7. The first kappa shape index (κ1) is 56.1. The Labute approximate surface area is 465 Å². The van der Waals surface area contributed by atoms with Crippen LogP contribution in [0.15, 0.2) is 48.7 Å². The molecule has 6 atom stereocenters. The summed E-state index contributed by atoms with van der Waals surface area (Å²) in [6, 6.07) is 12.6. The first-order valence-electron chi connectivity index (χ1n) is 28.8. The van der Waals surface area contributed by atoms with Crippen molar-refractivity contribution in [2.75, 3.05) is 78.1 Å². The molecule has 4 fully saturated rings. The fourth-order valence-corrected chi connectivity index (χ4v) is 12.7. The van der Waals surface area contributed by atoms with Crippen molar-refractivity contribution >= 4 is 46.4 Å². The average molecular weight is 1090 g/mol. The van der Waals surface area contributed by atoms with Crippen LogP contribution >= 0.6 is 0 Å². The van der Waals surface area contributed by atoms with Crippen LogP contribution in [0.3, 0.4) is 0 Å². The molecule has 2 N–H and O–H groups in total. The standard InChI is InChI=1S/C61H83N9O9/c1-12-69-51-18-15-39-28-45(51)47(54(69)46-29-43(31-62-52(46)37(4)76-11)67-22-20-66(21-23-67)42-16-17-42)30-61(8,9)35-78-58(74)49-14-13-19-70(64-49)57(73)50-26-38-24-40(39)27-44(25-38)77-34-41-32-68(59(75)79-60(5,6)7)33-48(41)56(72)65(10)53(36(2)3)55(71)63-50/h15,18,24-25,27-29,31,36-37,41-42,48-50,53,64H,12-14,16-17,19-23,26,30,32-35H2,1-11H3,(H,63,71)/t37-,41+,48-,49-,50-,53-/m0/s1. The van der Waals surface area contributed by atoms with Crippen LogP contribution in [0.25, 0.3) is 33.3 Å². The lowest BCUT2D eigenvalue weighted by molar-refractivity contribution is -0.155. The summed E-state index contributed by atoms with van der Waals surface area (Å²) in [6.45, 7) is 23.0. The number of nitrogens with zero attached hydrogens (tertiary/aromatic N) is 7. The van der Waals surface area contributed by atoms with Gasteiger partial charge in [0.15, 0.2) is 0 Å². The number of amides is 4. The van der Waals surface area contributed by atoms with E-state index < -0.39 is 64.9 Å². The Morgan fingerprint density at radius 2 is 1.66 bits per heavy atom. The largest absolute Gasteiger partial charge is 0.493 e. The molecule has 18 heteroatoms. The first-order valence-corrected chi connectivity index (χ1v) is 28.8. The number of nitrogens with one attached hydrogen (secondary N) is 2. The first-order chi connectivity index (χ1) is 37.6. The van der Waals surface area contributed by atoms with Crippen molar-refractivity contribution in [2.24, 2.45) is 23.2 Å². The normalized spacial score (nSPS) is 25.0. The number of esters is 1. The highest BCUT2D eigenvalue weighted by Gasteiger charge is 2.46. The minimum absolute atomic E-state index is 0.0699. The second-order valence-corrected chi connectivity index (χ2v) is 25.2. The molecule has 18 nitrogen and oxygen atoms in total. The molecule has 4 amide bonds. The lowest BCUT2D eigenvalue weighted by Gasteiger charge is -2.37. The zero-order valence-corrected chi connectivity index (χ0v) is 48.4. The molecule has 0 unspecified atom stereocenters.